The van der Waals surface area contributed by atoms with Gasteiger partial charge in [-0.05, 0) is 77.1 Å². The fourth-order valence-electron chi connectivity index (χ4n) is 2.32. The molecule has 0 spiro atoms. The van der Waals surface area contributed by atoms with E-state index in [0.717, 1.165) is 24.6 Å². The molecular formula is C20H34N2O2. The fourth-order valence-corrected chi connectivity index (χ4v) is 2.32. The zero-order valence-corrected chi connectivity index (χ0v) is 16.1. The van der Waals surface area contributed by atoms with Crippen LogP contribution in [0.25, 0.3) is 0 Å². The van der Waals surface area contributed by atoms with Crippen molar-refractivity contribution in [2.24, 2.45) is 5.92 Å². The zero-order chi connectivity index (χ0) is 18.2. The number of hydrogen-bond acceptors (Lipinski definition) is 3. The van der Waals surface area contributed by atoms with Crippen molar-refractivity contribution in [3.05, 3.63) is 29.8 Å². The van der Waals surface area contributed by atoms with E-state index in [0.29, 0.717) is 6.04 Å². The second kappa shape index (κ2) is 9.67. The van der Waals surface area contributed by atoms with E-state index < -0.39 is 11.7 Å². The lowest BCUT2D eigenvalue weighted by Crippen LogP contribution is -2.28. The Hall–Kier alpha value is -1.55. The third-order valence-corrected chi connectivity index (χ3v) is 3.68. The molecule has 0 bridgehead atoms. The summed E-state index contributed by atoms with van der Waals surface area (Å²) in [6, 6.07) is 8.49. The van der Waals surface area contributed by atoms with Gasteiger partial charge in [-0.15, -0.1) is 0 Å². The van der Waals surface area contributed by atoms with E-state index in [1.54, 1.807) is 0 Å². The van der Waals surface area contributed by atoms with Crippen LogP contribution < -0.4 is 10.6 Å². The van der Waals surface area contributed by atoms with Crippen LogP contribution in [0.5, 0.6) is 0 Å². The van der Waals surface area contributed by atoms with Gasteiger partial charge in [-0.25, -0.2) is 4.79 Å². The number of benzene rings is 1. The summed E-state index contributed by atoms with van der Waals surface area (Å²) in [6.45, 7) is 13.3. The number of amides is 1. The average molecular weight is 335 g/mol. The predicted octanol–water partition coefficient (Wildman–Crippen LogP) is 4.99. The molecule has 136 valence electrons. The van der Waals surface area contributed by atoms with Crippen LogP contribution >= 0.6 is 0 Å². The van der Waals surface area contributed by atoms with E-state index in [4.69, 9.17) is 4.74 Å². The van der Waals surface area contributed by atoms with Crippen LogP contribution in [0.15, 0.2) is 24.3 Å². The zero-order valence-electron chi connectivity index (χ0n) is 16.1. The lowest BCUT2D eigenvalue weighted by Gasteiger charge is -2.19. The molecule has 4 nitrogen and oxygen atoms in total. The summed E-state index contributed by atoms with van der Waals surface area (Å²) in [6.07, 6.45) is 3.05. The quantitative estimate of drug-likeness (QED) is 0.704. The average Bonchev–Trinajstić information content (AvgIpc) is 2.45. The van der Waals surface area contributed by atoms with Crippen molar-refractivity contribution >= 4 is 11.8 Å². The largest absolute Gasteiger partial charge is 0.444 e. The summed E-state index contributed by atoms with van der Waals surface area (Å²) in [5.41, 5.74) is 1.53. The number of hydrogen-bond donors (Lipinski definition) is 2. The summed E-state index contributed by atoms with van der Waals surface area (Å²) in [5.74, 6) is 0.763. The Labute approximate surface area is 147 Å². The van der Waals surface area contributed by atoms with Gasteiger partial charge in [-0.3, -0.25) is 5.32 Å². The fraction of sp³-hybridized carbons (Fsp3) is 0.650. The smallest absolute Gasteiger partial charge is 0.412 e. The van der Waals surface area contributed by atoms with E-state index in [-0.39, 0.29) is 0 Å². The van der Waals surface area contributed by atoms with E-state index >= 15 is 0 Å². The highest BCUT2D eigenvalue weighted by molar-refractivity contribution is 5.84. The lowest BCUT2D eigenvalue weighted by molar-refractivity contribution is 0.0636. The molecule has 0 radical (unpaired) electrons. The highest BCUT2D eigenvalue weighted by Gasteiger charge is 2.16. The first-order chi connectivity index (χ1) is 11.2. The molecule has 0 aliphatic heterocycles. The maximum atomic E-state index is 11.7. The van der Waals surface area contributed by atoms with Gasteiger partial charge in [-0.2, -0.15) is 0 Å². The minimum atomic E-state index is -0.484. The van der Waals surface area contributed by atoms with Gasteiger partial charge in [0.1, 0.15) is 5.60 Å². The molecule has 2 N–H and O–H groups in total. The summed E-state index contributed by atoms with van der Waals surface area (Å²) >= 11 is 0. The Morgan fingerprint density at radius 3 is 2.25 bits per heavy atom. The molecule has 1 aromatic carbocycles. The normalized spacial score (nSPS) is 13.0. The molecule has 1 unspecified atom stereocenters. The summed E-state index contributed by atoms with van der Waals surface area (Å²) in [7, 11) is 0. The summed E-state index contributed by atoms with van der Waals surface area (Å²) in [4.78, 5) is 11.7. The Balaban J connectivity index is 2.33. The summed E-state index contributed by atoms with van der Waals surface area (Å²) < 4.78 is 5.24. The third kappa shape index (κ3) is 9.56. The van der Waals surface area contributed by atoms with Crippen LogP contribution in [0, 0.1) is 5.92 Å². The SMILES string of the molecule is CC(C)CCC(C)NCCc1ccc(NC(=O)OC(C)(C)C)cc1. The monoisotopic (exact) mass is 334 g/mol. The molecule has 1 rings (SSSR count). The Morgan fingerprint density at radius 1 is 1.08 bits per heavy atom. The van der Waals surface area contributed by atoms with Crippen LogP contribution in [-0.4, -0.2) is 24.3 Å². The second-order valence-electron chi connectivity index (χ2n) is 7.90. The van der Waals surface area contributed by atoms with Crippen molar-refractivity contribution in [1.82, 2.24) is 5.32 Å². The number of nitrogens with one attached hydrogen (secondary N) is 2. The van der Waals surface area contributed by atoms with Gasteiger partial charge in [0.25, 0.3) is 0 Å². The Bertz CT molecular complexity index is 489. The van der Waals surface area contributed by atoms with E-state index in [1.807, 2.05) is 45.0 Å². The van der Waals surface area contributed by atoms with Crippen molar-refractivity contribution < 1.29 is 9.53 Å². The van der Waals surface area contributed by atoms with Crippen LogP contribution in [-0.2, 0) is 11.2 Å². The molecule has 1 atom stereocenters. The van der Waals surface area contributed by atoms with Gasteiger partial charge in [-0.1, -0.05) is 26.0 Å². The van der Waals surface area contributed by atoms with Crippen LogP contribution in [0.2, 0.25) is 0 Å². The van der Waals surface area contributed by atoms with Crippen molar-refractivity contribution in [1.29, 1.82) is 0 Å². The molecule has 1 amide bonds. The molecule has 0 fully saturated rings. The maximum Gasteiger partial charge on any atom is 0.412 e. The maximum absolute atomic E-state index is 11.7. The number of anilines is 1. The molecule has 24 heavy (non-hydrogen) atoms. The van der Waals surface area contributed by atoms with Crippen molar-refractivity contribution in [2.45, 2.75) is 72.4 Å². The van der Waals surface area contributed by atoms with Crippen molar-refractivity contribution in [3.63, 3.8) is 0 Å². The van der Waals surface area contributed by atoms with Crippen LogP contribution in [0.4, 0.5) is 10.5 Å². The number of carbonyl (C=O) groups is 1. The van der Waals surface area contributed by atoms with E-state index in [9.17, 15) is 4.79 Å². The van der Waals surface area contributed by atoms with Gasteiger partial charge in [0, 0.05) is 11.7 Å². The minimum Gasteiger partial charge on any atom is -0.444 e. The minimum absolute atomic E-state index is 0.420. The van der Waals surface area contributed by atoms with E-state index in [2.05, 4.69) is 31.4 Å². The topological polar surface area (TPSA) is 50.4 Å². The first kappa shape index (κ1) is 20.5. The van der Waals surface area contributed by atoms with Crippen molar-refractivity contribution in [2.75, 3.05) is 11.9 Å². The Kier molecular flexibility index (Phi) is 8.26. The van der Waals surface area contributed by atoms with Gasteiger partial charge in [0.05, 0.1) is 0 Å². The molecule has 0 aliphatic carbocycles. The molecular weight excluding hydrogens is 300 g/mol. The van der Waals surface area contributed by atoms with Gasteiger partial charge in [0.2, 0.25) is 0 Å². The Morgan fingerprint density at radius 2 is 1.71 bits per heavy atom. The summed E-state index contributed by atoms with van der Waals surface area (Å²) in [5, 5.41) is 6.32. The van der Waals surface area contributed by atoms with Gasteiger partial charge >= 0.3 is 6.09 Å². The molecule has 0 heterocycles. The number of ether oxygens (including phenoxy) is 1. The first-order valence-corrected chi connectivity index (χ1v) is 8.98. The number of rotatable bonds is 8. The van der Waals surface area contributed by atoms with Gasteiger partial charge < -0.3 is 10.1 Å². The van der Waals surface area contributed by atoms with E-state index in [1.165, 1.54) is 18.4 Å². The molecule has 0 saturated heterocycles. The molecule has 0 aromatic heterocycles. The predicted molar refractivity (Wildman–Crippen MR) is 102 cm³/mol. The van der Waals surface area contributed by atoms with Crippen LogP contribution in [0.3, 0.4) is 0 Å². The first-order valence-electron chi connectivity index (χ1n) is 8.98. The van der Waals surface area contributed by atoms with Gasteiger partial charge in [0.15, 0.2) is 0 Å². The molecule has 0 saturated carbocycles. The highest BCUT2D eigenvalue weighted by Crippen LogP contribution is 2.13. The molecule has 0 aliphatic rings. The van der Waals surface area contributed by atoms with Crippen molar-refractivity contribution in [3.8, 4) is 0 Å². The second-order valence-corrected chi connectivity index (χ2v) is 7.90. The highest BCUT2D eigenvalue weighted by atomic mass is 16.6. The number of carbonyl (C=O) groups excluding carboxylic acids is 1. The molecule has 4 heteroatoms. The van der Waals surface area contributed by atoms with Crippen LogP contribution in [0.1, 0.15) is 59.9 Å². The standard InChI is InChI=1S/C20H34N2O2/c1-15(2)7-8-16(3)21-14-13-17-9-11-18(12-10-17)22-19(23)24-20(4,5)6/h9-12,15-16,21H,7-8,13-14H2,1-6H3,(H,22,23). The third-order valence-electron chi connectivity index (χ3n) is 3.68. The lowest BCUT2D eigenvalue weighted by atomic mass is 10.0. The molecule has 1 aromatic rings.